The molecule has 2 heterocycles. The van der Waals surface area contributed by atoms with Crippen molar-refractivity contribution >= 4 is 29.5 Å². The lowest BCUT2D eigenvalue weighted by Crippen LogP contribution is -2.60. The molecule has 238 valence electrons. The molecule has 0 saturated carbocycles. The van der Waals surface area contributed by atoms with Gasteiger partial charge in [0.25, 0.3) is 5.91 Å². The van der Waals surface area contributed by atoms with E-state index < -0.39 is 53.6 Å². The summed E-state index contributed by atoms with van der Waals surface area (Å²) in [4.78, 5) is 68.2. The molecule has 43 heavy (non-hydrogen) atoms. The van der Waals surface area contributed by atoms with Crippen LogP contribution in [0.5, 0.6) is 5.75 Å². The summed E-state index contributed by atoms with van der Waals surface area (Å²) in [7, 11) is 0. The van der Waals surface area contributed by atoms with Crippen LogP contribution in [-0.4, -0.2) is 91.4 Å². The summed E-state index contributed by atoms with van der Waals surface area (Å²) in [6, 6.07) is 4.52. The number of carbonyl (C=O) groups is 5. The van der Waals surface area contributed by atoms with Crippen LogP contribution in [-0.2, 0) is 19.2 Å². The molecule has 1 fully saturated rings. The summed E-state index contributed by atoms with van der Waals surface area (Å²) >= 11 is 0. The SMILES string of the molecule is CC(C)[C@H]1NC(=O)C(C)(C)NC(=O)C[C@@H](C(=O)NCCCN2CCCCCC2)NC(=O)c2ccccc2OCCNC1=O. The zero-order valence-electron chi connectivity index (χ0n) is 25.9. The second kappa shape index (κ2) is 16.3. The highest BCUT2D eigenvalue weighted by Gasteiger charge is 2.35. The van der Waals surface area contributed by atoms with Crippen molar-refractivity contribution in [2.24, 2.45) is 5.92 Å². The smallest absolute Gasteiger partial charge is 0.255 e. The molecule has 2 aliphatic heterocycles. The Hall–Kier alpha value is -3.67. The average molecular weight is 601 g/mol. The van der Waals surface area contributed by atoms with E-state index in [4.69, 9.17) is 4.74 Å². The van der Waals surface area contributed by atoms with E-state index in [0.29, 0.717) is 6.54 Å². The maximum absolute atomic E-state index is 13.3. The zero-order chi connectivity index (χ0) is 31.4. The highest BCUT2D eigenvalue weighted by molar-refractivity contribution is 6.01. The van der Waals surface area contributed by atoms with Gasteiger partial charge >= 0.3 is 0 Å². The first-order chi connectivity index (χ1) is 20.5. The first kappa shape index (κ1) is 33.8. The molecule has 0 aliphatic carbocycles. The van der Waals surface area contributed by atoms with Crippen LogP contribution in [0.3, 0.4) is 0 Å². The number of rotatable bonds is 6. The number of para-hydroxylation sites is 1. The number of fused-ring (bicyclic) bond motifs is 1. The van der Waals surface area contributed by atoms with Gasteiger partial charge in [0.15, 0.2) is 0 Å². The van der Waals surface area contributed by atoms with Gasteiger partial charge in [-0.2, -0.15) is 0 Å². The molecule has 0 spiro atoms. The van der Waals surface area contributed by atoms with E-state index >= 15 is 0 Å². The van der Waals surface area contributed by atoms with Crippen molar-refractivity contribution in [3.05, 3.63) is 29.8 Å². The van der Waals surface area contributed by atoms with Crippen LogP contribution in [0.25, 0.3) is 0 Å². The predicted molar refractivity (Wildman–Crippen MR) is 162 cm³/mol. The second-order valence-corrected chi connectivity index (χ2v) is 12.1. The van der Waals surface area contributed by atoms with Gasteiger partial charge in [-0.15, -0.1) is 0 Å². The molecule has 1 aromatic rings. The van der Waals surface area contributed by atoms with Crippen molar-refractivity contribution in [2.75, 3.05) is 39.3 Å². The number of nitrogens with one attached hydrogen (secondary N) is 5. The van der Waals surface area contributed by atoms with E-state index in [-0.39, 0.29) is 30.4 Å². The van der Waals surface area contributed by atoms with E-state index in [1.165, 1.54) is 39.5 Å². The molecule has 2 aliphatic rings. The van der Waals surface area contributed by atoms with Gasteiger partial charge in [-0.3, -0.25) is 24.0 Å². The van der Waals surface area contributed by atoms with Crippen molar-refractivity contribution < 1.29 is 28.7 Å². The first-order valence-corrected chi connectivity index (χ1v) is 15.4. The van der Waals surface area contributed by atoms with Crippen LogP contribution in [0.2, 0.25) is 0 Å². The van der Waals surface area contributed by atoms with Crippen molar-refractivity contribution in [1.82, 2.24) is 31.5 Å². The number of hydrogen-bond acceptors (Lipinski definition) is 7. The van der Waals surface area contributed by atoms with Crippen LogP contribution >= 0.6 is 0 Å². The Morgan fingerprint density at radius 2 is 1.74 bits per heavy atom. The Bertz CT molecular complexity index is 1130. The molecule has 2 atom stereocenters. The number of likely N-dealkylation sites (tertiary alicyclic amines) is 1. The van der Waals surface area contributed by atoms with E-state index in [2.05, 4.69) is 31.5 Å². The van der Waals surface area contributed by atoms with Gasteiger partial charge in [0, 0.05) is 6.54 Å². The van der Waals surface area contributed by atoms with Crippen LogP contribution < -0.4 is 31.3 Å². The molecular weight excluding hydrogens is 552 g/mol. The van der Waals surface area contributed by atoms with Crippen LogP contribution in [0.1, 0.15) is 76.6 Å². The largest absolute Gasteiger partial charge is 0.491 e. The van der Waals surface area contributed by atoms with E-state index in [0.717, 1.165) is 26.1 Å². The summed E-state index contributed by atoms with van der Waals surface area (Å²) < 4.78 is 5.80. The fraction of sp³-hybridized carbons (Fsp3) is 0.645. The summed E-state index contributed by atoms with van der Waals surface area (Å²) in [5.41, 5.74) is -1.21. The highest BCUT2D eigenvalue weighted by atomic mass is 16.5. The Balaban J connectivity index is 1.77. The van der Waals surface area contributed by atoms with Crippen LogP contribution in [0.4, 0.5) is 0 Å². The third kappa shape index (κ3) is 10.5. The number of carbonyl (C=O) groups excluding carboxylic acids is 5. The predicted octanol–water partition coefficient (Wildman–Crippen LogP) is 1.10. The van der Waals surface area contributed by atoms with Gasteiger partial charge in [0.1, 0.15) is 30.0 Å². The minimum atomic E-state index is -1.40. The number of benzene rings is 1. The highest BCUT2D eigenvalue weighted by Crippen LogP contribution is 2.18. The summed E-state index contributed by atoms with van der Waals surface area (Å²) in [5.74, 6) is -2.59. The van der Waals surface area contributed by atoms with Crippen molar-refractivity contribution in [3.63, 3.8) is 0 Å². The molecule has 5 N–H and O–H groups in total. The molecule has 12 nitrogen and oxygen atoms in total. The number of amides is 5. The molecule has 1 saturated heterocycles. The Labute approximate surface area is 254 Å². The third-order valence-corrected chi connectivity index (χ3v) is 7.71. The lowest BCUT2D eigenvalue weighted by Gasteiger charge is -2.30. The van der Waals surface area contributed by atoms with Gasteiger partial charge in [0.2, 0.25) is 23.6 Å². The van der Waals surface area contributed by atoms with Gasteiger partial charge < -0.3 is 36.2 Å². The summed E-state index contributed by atoms with van der Waals surface area (Å²) in [6.45, 7) is 10.2. The summed E-state index contributed by atoms with van der Waals surface area (Å²) in [5, 5.41) is 13.7. The third-order valence-electron chi connectivity index (χ3n) is 7.71. The lowest BCUT2D eigenvalue weighted by atomic mass is 9.99. The maximum atomic E-state index is 13.3. The maximum Gasteiger partial charge on any atom is 0.255 e. The molecule has 12 heteroatoms. The van der Waals surface area contributed by atoms with Crippen molar-refractivity contribution in [3.8, 4) is 5.75 Å². The van der Waals surface area contributed by atoms with E-state index in [9.17, 15) is 24.0 Å². The van der Waals surface area contributed by atoms with E-state index in [1.54, 1.807) is 38.1 Å². The average Bonchev–Trinajstić information content (AvgIpc) is 3.23. The Morgan fingerprint density at radius 1 is 1.05 bits per heavy atom. The van der Waals surface area contributed by atoms with Crippen LogP contribution in [0, 0.1) is 5.92 Å². The molecule has 1 aromatic carbocycles. The molecule has 0 radical (unpaired) electrons. The van der Waals surface area contributed by atoms with Crippen molar-refractivity contribution in [2.45, 2.75) is 83.8 Å². The van der Waals surface area contributed by atoms with Gasteiger partial charge in [-0.25, -0.2) is 0 Å². The minimum absolute atomic E-state index is 0.0707. The quantitative estimate of drug-likeness (QED) is 0.306. The molecule has 0 unspecified atom stereocenters. The topological polar surface area (TPSA) is 158 Å². The monoisotopic (exact) mass is 600 g/mol. The normalized spacial score (nSPS) is 22.9. The van der Waals surface area contributed by atoms with Crippen LogP contribution in [0.15, 0.2) is 24.3 Å². The van der Waals surface area contributed by atoms with Crippen molar-refractivity contribution in [1.29, 1.82) is 0 Å². The molecule has 3 rings (SSSR count). The molecule has 0 bridgehead atoms. The number of nitrogens with zero attached hydrogens (tertiary/aromatic N) is 1. The minimum Gasteiger partial charge on any atom is -0.491 e. The lowest BCUT2D eigenvalue weighted by molar-refractivity contribution is -0.136. The van der Waals surface area contributed by atoms with Gasteiger partial charge in [-0.1, -0.05) is 38.8 Å². The summed E-state index contributed by atoms with van der Waals surface area (Å²) in [6.07, 6.45) is 5.21. The van der Waals surface area contributed by atoms with Gasteiger partial charge in [-0.05, 0) is 70.8 Å². The Kier molecular flexibility index (Phi) is 12.8. The Morgan fingerprint density at radius 3 is 2.44 bits per heavy atom. The molecule has 5 amide bonds. The fourth-order valence-corrected chi connectivity index (χ4v) is 5.17. The number of hydrogen-bond donors (Lipinski definition) is 5. The zero-order valence-corrected chi connectivity index (χ0v) is 25.9. The number of ether oxygens (including phenoxy) is 1. The molecule has 0 aromatic heterocycles. The standard InChI is InChI=1S/C31H48N6O6/c1-21(2)26-29(41)33-15-19-43-24-13-8-7-12-22(24)27(39)34-23(20-25(38)36-31(3,4)30(42)35-26)28(40)32-14-11-18-37-16-9-5-6-10-17-37/h7-8,12-13,21,23,26H,5-6,9-11,14-20H2,1-4H3,(H,32,40)(H,33,41)(H,34,39)(H,35,42)(H,36,38)/t23-,26+/m0/s1. The molecular formula is C31H48N6O6. The fourth-order valence-electron chi connectivity index (χ4n) is 5.17. The van der Waals surface area contributed by atoms with E-state index in [1.807, 2.05) is 0 Å². The second-order valence-electron chi connectivity index (χ2n) is 12.1. The van der Waals surface area contributed by atoms with Gasteiger partial charge in [0.05, 0.1) is 18.5 Å². The first-order valence-electron chi connectivity index (χ1n) is 15.4.